The molecule has 162 valence electrons. The number of carboxylic acid groups (broad SMARTS) is 1. The van der Waals surface area contributed by atoms with Gasteiger partial charge in [-0.25, -0.2) is 0 Å². The molecule has 1 aliphatic heterocycles. The van der Waals surface area contributed by atoms with E-state index < -0.39 is 11.9 Å². The molecule has 2 aromatic carbocycles. The Kier molecular flexibility index (Phi) is 9.67. The number of carbonyl (C=O) groups is 2. The van der Waals surface area contributed by atoms with Crippen molar-refractivity contribution in [2.24, 2.45) is 5.92 Å². The van der Waals surface area contributed by atoms with Crippen LogP contribution in [0.1, 0.15) is 57.6 Å². The number of rotatable bonds is 6. The summed E-state index contributed by atoms with van der Waals surface area (Å²) in [7, 11) is 0. The molecule has 2 atom stereocenters. The van der Waals surface area contributed by atoms with Crippen LogP contribution in [0.3, 0.4) is 0 Å². The first kappa shape index (κ1) is 24.2. The van der Waals surface area contributed by atoms with E-state index in [2.05, 4.69) is 13.8 Å². The van der Waals surface area contributed by atoms with Gasteiger partial charge in [0.2, 0.25) is 5.91 Å². The number of benzene rings is 2. The van der Waals surface area contributed by atoms with Crippen molar-refractivity contribution in [1.29, 1.82) is 0 Å². The summed E-state index contributed by atoms with van der Waals surface area (Å²) in [4.78, 5) is 25.9. The number of halogens is 2. The molecule has 1 unspecified atom stereocenters. The lowest BCUT2D eigenvalue weighted by molar-refractivity contribution is -0.151. The van der Waals surface area contributed by atoms with Crippen LogP contribution >= 0.6 is 23.2 Å². The van der Waals surface area contributed by atoms with Crippen molar-refractivity contribution in [1.82, 2.24) is 4.90 Å². The number of amides is 1. The summed E-state index contributed by atoms with van der Waals surface area (Å²) < 4.78 is 0. The zero-order chi connectivity index (χ0) is 22.1. The largest absolute Gasteiger partial charge is 0.481 e. The second-order valence-electron chi connectivity index (χ2n) is 7.45. The highest BCUT2D eigenvalue weighted by molar-refractivity contribution is 6.30. The van der Waals surface area contributed by atoms with E-state index in [1.807, 2.05) is 59.5 Å². The minimum absolute atomic E-state index is 0.00899. The molecule has 0 saturated carbocycles. The van der Waals surface area contributed by atoms with Gasteiger partial charge in [-0.2, -0.15) is 0 Å². The van der Waals surface area contributed by atoms with E-state index in [1.54, 1.807) is 0 Å². The van der Waals surface area contributed by atoms with Crippen LogP contribution in [0.2, 0.25) is 10.0 Å². The molecule has 1 saturated heterocycles. The molecule has 1 amide bonds. The number of piperidine rings is 1. The van der Waals surface area contributed by atoms with Gasteiger partial charge in [0.1, 0.15) is 0 Å². The van der Waals surface area contributed by atoms with Gasteiger partial charge in [0.05, 0.1) is 12.5 Å². The van der Waals surface area contributed by atoms with Crippen molar-refractivity contribution in [3.63, 3.8) is 0 Å². The lowest BCUT2D eigenvalue weighted by Gasteiger charge is -2.43. The molecular weight excluding hydrogens is 421 g/mol. The van der Waals surface area contributed by atoms with Crippen molar-refractivity contribution in [2.45, 2.75) is 58.0 Å². The molecule has 3 rings (SSSR count). The summed E-state index contributed by atoms with van der Waals surface area (Å²) in [6, 6.07) is 17.2. The van der Waals surface area contributed by atoms with Gasteiger partial charge in [-0.3, -0.25) is 9.59 Å². The SMILES string of the molecule is CCC(CC)N1C(=O)C(CC(=O)O)CC[C@H]1c1ccc(Cl)cc1.Clc1ccccc1. The Bertz CT molecular complexity index is 807. The van der Waals surface area contributed by atoms with Crippen LogP contribution in [0.15, 0.2) is 54.6 Å². The second-order valence-corrected chi connectivity index (χ2v) is 8.32. The first-order valence-corrected chi connectivity index (χ1v) is 11.1. The highest BCUT2D eigenvalue weighted by atomic mass is 35.5. The first-order chi connectivity index (χ1) is 14.4. The van der Waals surface area contributed by atoms with Gasteiger partial charge in [-0.1, -0.05) is 67.4 Å². The summed E-state index contributed by atoms with van der Waals surface area (Å²) in [6.07, 6.45) is 3.07. The van der Waals surface area contributed by atoms with E-state index >= 15 is 0 Å². The molecule has 1 fully saturated rings. The second kappa shape index (κ2) is 12.0. The molecule has 0 bridgehead atoms. The zero-order valence-corrected chi connectivity index (χ0v) is 18.9. The van der Waals surface area contributed by atoms with Gasteiger partial charge < -0.3 is 10.0 Å². The quantitative estimate of drug-likeness (QED) is 0.538. The number of hydrogen-bond donors (Lipinski definition) is 1. The lowest BCUT2D eigenvalue weighted by atomic mass is 9.84. The van der Waals surface area contributed by atoms with Crippen LogP contribution < -0.4 is 0 Å². The Hall–Kier alpha value is -2.04. The monoisotopic (exact) mass is 449 g/mol. The molecule has 1 heterocycles. The third-order valence-corrected chi connectivity index (χ3v) is 5.98. The van der Waals surface area contributed by atoms with Crippen LogP contribution in [0.25, 0.3) is 0 Å². The molecule has 2 aromatic rings. The van der Waals surface area contributed by atoms with Gasteiger partial charge in [-0.05, 0) is 55.5 Å². The summed E-state index contributed by atoms with van der Waals surface area (Å²) in [5.41, 5.74) is 1.07. The topological polar surface area (TPSA) is 57.6 Å². The van der Waals surface area contributed by atoms with E-state index in [9.17, 15) is 9.59 Å². The average Bonchev–Trinajstić information content (AvgIpc) is 2.73. The smallest absolute Gasteiger partial charge is 0.304 e. The van der Waals surface area contributed by atoms with Crippen LogP contribution in [0.5, 0.6) is 0 Å². The molecule has 0 radical (unpaired) electrons. The molecule has 4 nitrogen and oxygen atoms in total. The van der Waals surface area contributed by atoms with E-state index in [0.29, 0.717) is 11.4 Å². The van der Waals surface area contributed by atoms with Crippen molar-refractivity contribution < 1.29 is 14.7 Å². The predicted molar refractivity (Wildman–Crippen MR) is 122 cm³/mol. The van der Waals surface area contributed by atoms with Gasteiger partial charge in [0.15, 0.2) is 0 Å². The zero-order valence-electron chi connectivity index (χ0n) is 17.4. The number of hydrogen-bond acceptors (Lipinski definition) is 2. The van der Waals surface area contributed by atoms with E-state index in [1.165, 1.54) is 0 Å². The molecule has 0 aliphatic carbocycles. The fourth-order valence-electron chi connectivity index (χ4n) is 3.93. The third-order valence-electron chi connectivity index (χ3n) is 5.47. The minimum Gasteiger partial charge on any atom is -0.481 e. The number of carbonyl (C=O) groups excluding carboxylic acids is 1. The first-order valence-electron chi connectivity index (χ1n) is 10.4. The van der Waals surface area contributed by atoms with Crippen LogP contribution in [-0.2, 0) is 9.59 Å². The van der Waals surface area contributed by atoms with Crippen molar-refractivity contribution in [3.05, 3.63) is 70.2 Å². The van der Waals surface area contributed by atoms with E-state index in [0.717, 1.165) is 29.8 Å². The van der Waals surface area contributed by atoms with Gasteiger partial charge in [-0.15, -0.1) is 0 Å². The van der Waals surface area contributed by atoms with Crippen LogP contribution in [-0.4, -0.2) is 27.9 Å². The maximum atomic E-state index is 12.9. The third kappa shape index (κ3) is 6.75. The Labute approximate surface area is 188 Å². The predicted octanol–water partition coefficient (Wildman–Crippen LogP) is 6.62. The minimum atomic E-state index is -0.905. The Morgan fingerprint density at radius 2 is 1.57 bits per heavy atom. The van der Waals surface area contributed by atoms with Gasteiger partial charge >= 0.3 is 5.97 Å². The molecule has 6 heteroatoms. The summed E-state index contributed by atoms with van der Waals surface area (Å²) in [5, 5.41) is 10.5. The molecule has 1 aliphatic rings. The van der Waals surface area contributed by atoms with E-state index in [4.69, 9.17) is 28.3 Å². The van der Waals surface area contributed by atoms with E-state index in [-0.39, 0.29) is 24.4 Å². The highest BCUT2D eigenvalue weighted by Gasteiger charge is 2.39. The number of likely N-dealkylation sites (tertiary alicyclic amines) is 1. The Morgan fingerprint density at radius 1 is 1.00 bits per heavy atom. The summed E-state index contributed by atoms with van der Waals surface area (Å²) in [5.74, 6) is -1.33. The van der Waals surface area contributed by atoms with Crippen molar-refractivity contribution in [2.75, 3.05) is 0 Å². The van der Waals surface area contributed by atoms with Crippen LogP contribution in [0.4, 0.5) is 0 Å². The molecule has 0 aromatic heterocycles. The number of aliphatic carboxylic acids is 1. The van der Waals surface area contributed by atoms with Gasteiger partial charge in [0.25, 0.3) is 0 Å². The molecule has 30 heavy (non-hydrogen) atoms. The average molecular weight is 450 g/mol. The summed E-state index contributed by atoms with van der Waals surface area (Å²) >= 11 is 11.5. The fraction of sp³-hybridized carbons (Fsp3) is 0.417. The number of nitrogens with zero attached hydrogens (tertiary/aromatic N) is 1. The molecule has 0 spiro atoms. The molecule has 1 N–H and O–H groups in total. The maximum Gasteiger partial charge on any atom is 0.304 e. The van der Waals surface area contributed by atoms with Crippen molar-refractivity contribution in [3.8, 4) is 0 Å². The Balaban J connectivity index is 0.000000386. The van der Waals surface area contributed by atoms with Gasteiger partial charge in [0, 0.05) is 22.0 Å². The lowest BCUT2D eigenvalue weighted by Crippen LogP contribution is -2.49. The normalized spacial score (nSPS) is 18.7. The standard InChI is InChI=1S/C18H24ClNO3.C6H5Cl/c1-3-15(4-2)20-16(12-5-8-14(19)9-6-12)10-7-13(18(20)23)11-17(21)22;7-6-4-2-1-3-5-6/h5-6,8-9,13,15-16H,3-4,7,10-11H2,1-2H3,(H,21,22);1-5H/t13?,16-;/m0./s1. The maximum absolute atomic E-state index is 12.9. The highest BCUT2D eigenvalue weighted by Crippen LogP contribution is 2.38. The van der Waals surface area contributed by atoms with Crippen LogP contribution in [0, 0.1) is 5.92 Å². The number of carboxylic acids is 1. The molecular formula is C24H29Cl2NO3. The van der Waals surface area contributed by atoms with Crippen molar-refractivity contribution >= 4 is 35.1 Å². The fourth-order valence-corrected chi connectivity index (χ4v) is 4.20. The Morgan fingerprint density at radius 3 is 2.03 bits per heavy atom. The summed E-state index contributed by atoms with van der Waals surface area (Å²) in [6.45, 7) is 4.14.